The highest BCUT2D eigenvalue weighted by atomic mass is 16.5. The minimum Gasteiger partial charge on any atom is -0.497 e. The van der Waals surface area contributed by atoms with Crippen molar-refractivity contribution in [3.63, 3.8) is 0 Å². The molecule has 0 radical (unpaired) electrons. The molecule has 1 fully saturated rings. The van der Waals surface area contributed by atoms with E-state index >= 15 is 0 Å². The minimum absolute atomic E-state index is 0.290. The summed E-state index contributed by atoms with van der Waals surface area (Å²) in [6.45, 7) is 2.44. The Bertz CT molecular complexity index is 910. The van der Waals surface area contributed by atoms with Gasteiger partial charge in [-0.05, 0) is 41.8 Å². The topological polar surface area (TPSA) is 74.6 Å². The van der Waals surface area contributed by atoms with Gasteiger partial charge in [0.2, 0.25) is 0 Å². The van der Waals surface area contributed by atoms with Crippen molar-refractivity contribution in [3.8, 4) is 5.75 Å². The molecule has 2 aromatic carbocycles. The van der Waals surface area contributed by atoms with Gasteiger partial charge in [-0.1, -0.05) is 36.4 Å². The Balaban J connectivity index is 1.57. The Labute approximate surface area is 157 Å². The molecule has 2 unspecified atom stereocenters. The molecule has 4 rings (SSSR count). The van der Waals surface area contributed by atoms with Crippen molar-refractivity contribution in [1.82, 2.24) is 5.01 Å². The van der Waals surface area contributed by atoms with E-state index in [4.69, 9.17) is 4.74 Å². The highest BCUT2D eigenvalue weighted by Crippen LogP contribution is 2.33. The fraction of sp³-hybridized carbons (Fsp3) is 0.300. The molecule has 0 N–H and O–H groups in total. The van der Waals surface area contributed by atoms with E-state index in [9.17, 15) is 9.59 Å². The number of anilines is 1. The van der Waals surface area contributed by atoms with Crippen LogP contribution in [0.25, 0.3) is 0 Å². The molecule has 0 aromatic heterocycles. The summed E-state index contributed by atoms with van der Waals surface area (Å²) in [5.41, 5.74) is 2.66. The number of imide groups is 1. The van der Waals surface area contributed by atoms with Crippen molar-refractivity contribution in [1.29, 1.82) is 0 Å². The highest BCUT2D eigenvalue weighted by molar-refractivity contribution is 6.25. The number of benzene rings is 2. The number of hydrogen-bond donors (Lipinski definition) is 0. The summed E-state index contributed by atoms with van der Waals surface area (Å²) in [4.78, 5) is 27.0. The zero-order valence-electron chi connectivity index (χ0n) is 15.2. The normalized spacial score (nSPS) is 21.1. The molecule has 0 bridgehead atoms. The van der Waals surface area contributed by atoms with Gasteiger partial charge in [-0.2, -0.15) is 5.11 Å². The second kappa shape index (κ2) is 6.83. The molecule has 27 heavy (non-hydrogen) atoms. The molecule has 2 amide bonds. The van der Waals surface area contributed by atoms with Crippen LogP contribution in [0.3, 0.4) is 0 Å². The lowest BCUT2D eigenvalue weighted by molar-refractivity contribution is -0.123. The third-order valence-corrected chi connectivity index (χ3v) is 4.94. The monoisotopic (exact) mass is 364 g/mol. The number of nitrogens with zero attached hydrogens (tertiary/aromatic N) is 4. The average molecular weight is 364 g/mol. The van der Waals surface area contributed by atoms with Crippen molar-refractivity contribution in [2.75, 3.05) is 12.0 Å². The molecule has 0 aliphatic carbocycles. The van der Waals surface area contributed by atoms with E-state index in [0.29, 0.717) is 12.2 Å². The first-order valence-electron chi connectivity index (χ1n) is 8.89. The van der Waals surface area contributed by atoms with Gasteiger partial charge in [0.05, 0.1) is 19.3 Å². The number of fused-ring (bicyclic) bond motifs is 1. The largest absolute Gasteiger partial charge is 0.497 e. The van der Waals surface area contributed by atoms with E-state index < -0.39 is 12.1 Å². The van der Waals surface area contributed by atoms with Crippen molar-refractivity contribution in [2.45, 2.75) is 32.0 Å². The van der Waals surface area contributed by atoms with Crippen molar-refractivity contribution in [3.05, 3.63) is 59.7 Å². The molecule has 7 heteroatoms. The Kier molecular flexibility index (Phi) is 4.35. The minimum atomic E-state index is -0.783. The summed E-state index contributed by atoms with van der Waals surface area (Å²) >= 11 is 0. The van der Waals surface area contributed by atoms with Crippen molar-refractivity contribution >= 4 is 17.5 Å². The van der Waals surface area contributed by atoms with E-state index in [0.717, 1.165) is 23.3 Å². The van der Waals surface area contributed by atoms with Crippen LogP contribution in [0.15, 0.2) is 58.9 Å². The van der Waals surface area contributed by atoms with Crippen LogP contribution in [0.5, 0.6) is 5.75 Å². The lowest BCUT2D eigenvalue weighted by Crippen LogP contribution is -2.39. The van der Waals surface area contributed by atoms with Gasteiger partial charge in [0.25, 0.3) is 11.8 Å². The second-order valence-electron chi connectivity index (χ2n) is 6.58. The van der Waals surface area contributed by atoms with Crippen LogP contribution >= 0.6 is 0 Å². The third kappa shape index (κ3) is 2.95. The molecule has 2 heterocycles. The molecule has 1 saturated heterocycles. The smallest absolute Gasteiger partial charge is 0.263 e. The Hall–Kier alpha value is -3.22. The van der Waals surface area contributed by atoms with Crippen LogP contribution in [-0.4, -0.2) is 36.0 Å². The molecule has 2 aliphatic heterocycles. The number of aryl methyl sites for hydroxylation is 1. The molecule has 0 spiro atoms. The summed E-state index contributed by atoms with van der Waals surface area (Å²) < 4.78 is 5.24. The van der Waals surface area contributed by atoms with Crippen LogP contribution in [0.2, 0.25) is 0 Å². The third-order valence-electron chi connectivity index (χ3n) is 4.94. The van der Waals surface area contributed by atoms with E-state index in [2.05, 4.69) is 17.3 Å². The number of methoxy groups -OCH3 is 1. The predicted molar refractivity (Wildman–Crippen MR) is 99.3 cm³/mol. The highest BCUT2D eigenvalue weighted by Gasteiger charge is 2.54. The van der Waals surface area contributed by atoms with Crippen LogP contribution in [-0.2, 0) is 22.6 Å². The Morgan fingerprint density at radius 2 is 1.81 bits per heavy atom. The standard InChI is InChI=1S/C20H20N4O3/c1-3-13-7-9-15(10-8-13)24-19(25)17-18(20(24)26)23(22-21-17)12-14-5-4-6-16(11-14)27-2/h4-11,17-18H,3,12H2,1-2H3. The molecule has 2 aliphatic rings. The van der Waals surface area contributed by atoms with E-state index in [1.165, 1.54) is 4.90 Å². The maximum absolute atomic E-state index is 13.0. The van der Waals surface area contributed by atoms with Gasteiger partial charge in [0.1, 0.15) is 5.75 Å². The fourth-order valence-corrected chi connectivity index (χ4v) is 3.45. The SMILES string of the molecule is CCc1ccc(N2C(=O)C3N=NN(Cc4cccc(OC)c4)C3C2=O)cc1. The number of hydrogen-bond acceptors (Lipinski definition) is 6. The molecule has 138 valence electrons. The molecule has 0 saturated carbocycles. The lowest BCUT2D eigenvalue weighted by Gasteiger charge is -2.21. The van der Waals surface area contributed by atoms with Crippen LogP contribution in [0, 0.1) is 0 Å². The second-order valence-corrected chi connectivity index (χ2v) is 6.58. The predicted octanol–water partition coefficient (Wildman–Crippen LogP) is 2.75. The first-order valence-corrected chi connectivity index (χ1v) is 8.89. The van der Waals surface area contributed by atoms with Gasteiger partial charge < -0.3 is 4.74 Å². The van der Waals surface area contributed by atoms with Crippen molar-refractivity contribution in [2.24, 2.45) is 10.3 Å². The first kappa shape index (κ1) is 17.2. The summed E-state index contributed by atoms with van der Waals surface area (Å²) in [6.07, 6.45) is 0.899. The maximum atomic E-state index is 13.0. The fourth-order valence-electron chi connectivity index (χ4n) is 3.45. The van der Waals surface area contributed by atoms with E-state index in [-0.39, 0.29) is 11.8 Å². The Morgan fingerprint density at radius 1 is 1.04 bits per heavy atom. The molecular formula is C20H20N4O3. The lowest BCUT2D eigenvalue weighted by atomic mass is 10.1. The molecule has 7 nitrogen and oxygen atoms in total. The zero-order chi connectivity index (χ0) is 19.0. The molecule has 2 aromatic rings. The number of ether oxygens (including phenoxy) is 1. The summed E-state index contributed by atoms with van der Waals surface area (Å²) in [7, 11) is 1.60. The van der Waals surface area contributed by atoms with Gasteiger partial charge >= 0.3 is 0 Å². The Morgan fingerprint density at radius 3 is 2.52 bits per heavy atom. The van der Waals surface area contributed by atoms with Gasteiger partial charge in [-0.15, -0.1) is 0 Å². The van der Waals surface area contributed by atoms with E-state index in [1.54, 1.807) is 24.3 Å². The number of carbonyl (C=O) groups is 2. The van der Waals surface area contributed by atoms with Gasteiger partial charge in [-0.3, -0.25) is 14.6 Å². The first-order chi connectivity index (χ1) is 13.1. The number of carbonyl (C=O) groups excluding carboxylic acids is 2. The van der Waals surface area contributed by atoms with Gasteiger partial charge in [-0.25, -0.2) is 4.90 Å². The summed E-state index contributed by atoms with van der Waals surface area (Å²) in [5, 5.41) is 9.73. The van der Waals surface area contributed by atoms with Crippen LogP contribution in [0.4, 0.5) is 5.69 Å². The average Bonchev–Trinajstić information content (AvgIpc) is 3.22. The van der Waals surface area contributed by atoms with Crippen LogP contribution < -0.4 is 9.64 Å². The maximum Gasteiger partial charge on any atom is 0.263 e. The number of amides is 2. The quantitative estimate of drug-likeness (QED) is 0.765. The van der Waals surface area contributed by atoms with Gasteiger partial charge in [0.15, 0.2) is 12.1 Å². The number of rotatable bonds is 5. The summed E-state index contributed by atoms with van der Waals surface area (Å²) in [5.74, 6) is 0.111. The zero-order valence-corrected chi connectivity index (χ0v) is 15.2. The molecule has 2 atom stereocenters. The van der Waals surface area contributed by atoms with Crippen molar-refractivity contribution < 1.29 is 14.3 Å². The molecular weight excluding hydrogens is 344 g/mol. The van der Waals surface area contributed by atoms with Gasteiger partial charge in [0, 0.05) is 0 Å². The van der Waals surface area contributed by atoms with E-state index in [1.807, 2.05) is 36.4 Å². The summed E-state index contributed by atoms with van der Waals surface area (Å²) in [6, 6.07) is 13.5. The van der Waals surface area contributed by atoms with Crippen LogP contribution in [0.1, 0.15) is 18.1 Å².